The van der Waals surface area contributed by atoms with Crippen molar-refractivity contribution >= 4 is 11.6 Å². The molecule has 1 rings (SSSR count). The van der Waals surface area contributed by atoms with Crippen molar-refractivity contribution in [1.29, 1.82) is 0 Å². The van der Waals surface area contributed by atoms with Crippen molar-refractivity contribution in [2.45, 2.75) is 25.8 Å². The summed E-state index contributed by atoms with van der Waals surface area (Å²) in [6.07, 6.45) is 1.12. The van der Waals surface area contributed by atoms with Gasteiger partial charge < -0.3 is 11.1 Å². The van der Waals surface area contributed by atoms with Gasteiger partial charge >= 0.3 is 0 Å². The lowest BCUT2D eigenvalue weighted by Crippen LogP contribution is -2.35. The molecule has 0 bridgehead atoms. The molecule has 0 fully saturated rings. The lowest BCUT2D eigenvalue weighted by atomic mass is 10.1. The van der Waals surface area contributed by atoms with Crippen molar-refractivity contribution < 1.29 is 18.0 Å². The maximum Gasteiger partial charge on any atom is 0.241 e. The highest BCUT2D eigenvalue weighted by Gasteiger charge is 2.18. The molecule has 0 aromatic heterocycles. The third-order valence-electron chi connectivity index (χ3n) is 2.23. The van der Waals surface area contributed by atoms with Crippen molar-refractivity contribution in [2.75, 3.05) is 5.32 Å². The Bertz CT molecular complexity index is 423. The maximum absolute atomic E-state index is 13.2. The van der Waals surface area contributed by atoms with Gasteiger partial charge in [0.15, 0.2) is 17.5 Å². The molecule has 0 aliphatic rings. The third kappa shape index (κ3) is 3.20. The molecule has 1 aromatic rings. The third-order valence-corrected chi connectivity index (χ3v) is 2.23. The van der Waals surface area contributed by atoms with Gasteiger partial charge in [-0.3, -0.25) is 4.79 Å². The van der Waals surface area contributed by atoms with E-state index in [4.69, 9.17) is 5.73 Å². The summed E-state index contributed by atoms with van der Waals surface area (Å²) in [6, 6.07) is 0.886. The Balaban J connectivity index is 2.82. The molecular formula is C11H13F3N2O. The Hall–Kier alpha value is -1.56. The van der Waals surface area contributed by atoms with E-state index in [-0.39, 0.29) is 0 Å². The number of anilines is 1. The monoisotopic (exact) mass is 246 g/mol. The normalized spacial score (nSPS) is 12.3. The van der Waals surface area contributed by atoms with E-state index in [0.717, 1.165) is 12.1 Å². The number of nitrogens with one attached hydrogen (secondary N) is 1. The lowest BCUT2D eigenvalue weighted by molar-refractivity contribution is -0.117. The molecule has 0 aliphatic carbocycles. The summed E-state index contributed by atoms with van der Waals surface area (Å²) in [6.45, 7) is 1.84. The highest BCUT2D eigenvalue weighted by molar-refractivity contribution is 5.94. The molecule has 0 saturated heterocycles. The van der Waals surface area contributed by atoms with E-state index in [0.29, 0.717) is 12.8 Å². The summed E-state index contributed by atoms with van der Waals surface area (Å²) in [4.78, 5) is 11.4. The van der Waals surface area contributed by atoms with Crippen LogP contribution in [0.5, 0.6) is 0 Å². The van der Waals surface area contributed by atoms with Gasteiger partial charge in [0.2, 0.25) is 5.91 Å². The first-order chi connectivity index (χ1) is 7.97. The lowest BCUT2D eigenvalue weighted by Gasteiger charge is -2.12. The van der Waals surface area contributed by atoms with Crippen molar-refractivity contribution in [3.05, 3.63) is 29.6 Å². The standard InChI is InChI=1S/C11H13F3N2O/c1-2-3-7(15)11(17)16-8-5-4-6(12)9(13)10(8)14/h4-5,7H,2-3,15H2,1H3,(H,16,17)/t7-/m1/s1. The van der Waals surface area contributed by atoms with Crippen LogP contribution in [0.2, 0.25) is 0 Å². The fraction of sp³-hybridized carbons (Fsp3) is 0.364. The molecule has 0 radical (unpaired) electrons. The highest BCUT2D eigenvalue weighted by atomic mass is 19.2. The first-order valence-corrected chi connectivity index (χ1v) is 5.17. The zero-order chi connectivity index (χ0) is 13.0. The quantitative estimate of drug-likeness (QED) is 0.800. The zero-order valence-electron chi connectivity index (χ0n) is 9.27. The van der Waals surface area contributed by atoms with Gasteiger partial charge in [-0.15, -0.1) is 0 Å². The highest BCUT2D eigenvalue weighted by Crippen LogP contribution is 2.19. The summed E-state index contributed by atoms with van der Waals surface area (Å²) in [5.74, 6) is -4.98. The van der Waals surface area contributed by atoms with E-state index < -0.39 is 35.1 Å². The number of hydrogen-bond acceptors (Lipinski definition) is 2. The molecule has 0 heterocycles. The number of carbonyl (C=O) groups is 1. The molecule has 3 nitrogen and oxygen atoms in total. The number of hydrogen-bond donors (Lipinski definition) is 2. The molecule has 3 N–H and O–H groups in total. The first-order valence-electron chi connectivity index (χ1n) is 5.17. The van der Waals surface area contributed by atoms with Crippen LogP contribution in [0.15, 0.2) is 12.1 Å². The van der Waals surface area contributed by atoms with Gasteiger partial charge in [0, 0.05) is 0 Å². The minimum Gasteiger partial charge on any atom is -0.322 e. The molecule has 1 atom stereocenters. The number of benzene rings is 1. The largest absolute Gasteiger partial charge is 0.322 e. The van der Waals surface area contributed by atoms with Gasteiger partial charge in [0.1, 0.15) is 0 Å². The number of amides is 1. The maximum atomic E-state index is 13.2. The van der Waals surface area contributed by atoms with E-state index in [1.54, 1.807) is 0 Å². The van der Waals surface area contributed by atoms with Crippen LogP contribution in [-0.4, -0.2) is 11.9 Å². The summed E-state index contributed by atoms with van der Waals surface area (Å²) in [5, 5.41) is 2.12. The first kappa shape index (κ1) is 13.5. The molecule has 0 spiro atoms. The van der Waals surface area contributed by atoms with Gasteiger partial charge in [-0.25, -0.2) is 13.2 Å². The van der Waals surface area contributed by atoms with Crippen LogP contribution in [0.3, 0.4) is 0 Å². The molecule has 0 saturated carbocycles. The van der Waals surface area contributed by atoms with Crippen molar-refractivity contribution in [2.24, 2.45) is 5.73 Å². The van der Waals surface area contributed by atoms with Crippen LogP contribution in [0.1, 0.15) is 19.8 Å². The predicted molar refractivity (Wildman–Crippen MR) is 57.8 cm³/mol. The summed E-state index contributed by atoms with van der Waals surface area (Å²) in [7, 11) is 0. The molecule has 1 amide bonds. The molecule has 1 aromatic carbocycles. The smallest absolute Gasteiger partial charge is 0.241 e. The molecule has 94 valence electrons. The van der Waals surface area contributed by atoms with E-state index in [1.165, 1.54) is 0 Å². The van der Waals surface area contributed by atoms with Crippen LogP contribution in [0, 0.1) is 17.5 Å². The molecule has 17 heavy (non-hydrogen) atoms. The number of carbonyl (C=O) groups excluding carboxylic acids is 1. The van der Waals surface area contributed by atoms with Crippen LogP contribution in [-0.2, 0) is 4.79 Å². The van der Waals surface area contributed by atoms with Crippen LogP contribution in [0.4, 0.5) is 18.9 Å². The second kappa shape index (κ2) is 5.67. The Morgan fingerprint density at radius 2 is 2.00 bits per heavy atom. The van der Waals surface area contributed by atoms with Gasteiger partial charge in [-0.05, 0) is 18.6 Å². The average Bonchev–Trinajstić information content (AvgIpc) is 2.30. The molecular weight excluding hydrogens is 233 g/mol. The number of nitrogens with two attached hydrogens (primary N) is 1. The topological polar surface area (TPSA) is 55.1 Å². The number of rotatable bonds is 4. The second-order valence-electron chi connectivity index (χ2n) is 3.61. The van der Waals surface area contributed by atoms with Crippen LogP contribution < -0.4 is 11.1 Å². The Morgan fingerprint density at radius 3 is 2.59 bits per heavy atom. The van der Waals surface area contributed by atoms with Gasteiger partial charge in [0.25, 0.3) is 0 Å². The SMILES string of the molecule is CCC[C@@H](N)C(=O)Nc1ccc(F)c(F)c1F. The van der Waals surface area contributed by atoms with E-state index in [9.17, 15) is 18.0 Å². The average molecular weight is 246 g/mol. The van der Waals surface area contributed by atoms with E-state index >= 15 is 0 Å². The fourth-order valence-corrected chi connectivity index (χ4v) is 1.29. The zero-order valence-corrected chi connectivity index (χ0v) is 9.27. The van der Waals surface area contributed by atoms with Crippen molar-refractivity contribution in [3.63, 3.8) is 0 Å². The number of halogens is 3. The van der Waals surface area contributed by atoms with Crippen LogP contribution in [0.25, 0.3) is 0 Å². The summed E-state index contributed by atoms with van der Waals surface area (Å²) in [5.41, 5.74) is 5.08. The van der Waals surface area contributed by atoms with Crippen molar-refractivity contribution in [1.82, 2.24) is 0 Å². The summed E-state index contributed by atoms with van der Waals surface area (Å²) < 4.78 is 38.7. The Kier molecular flexibility index (Phi) is 4.51. The predicted octanol–water partition coefficient (Wildman–Crippen LogP) is 2.17. The Morgan fingerprint density at radius 1 is 1.35 bits per heavy atom. The minimum atomic E-state index is -1.62. The van der Waals surface area contributed by atoms with E-state index in [2.05, 4.69) is 5.32 Å². The minimum absolute atomic E-state index is 0.416. The molecule has 0 unspecified atom stereocenters. The fourth-order valence-electron chi connectivity index (χ4n) is 1.29. The van der Waals surface area contributed by atoms with Crippen molar-refractivity contribution in [3.8, 4) is 0 Å². The molecule has 6 heteroatoms. The van der Waals surface area contributed by atoms with E-state index in [1.807, 2.05) is 6.92 Å². The molecule has 0 aliphatic heterocycles. The van der Waals surface area contributed by atoms with Gasteiger partial charge in [0.05, 0.1) is 11.7 Å². The van der Waals surface area contributed by atoms with Gasteiger partial charge in [-0.1, -0.05) is 13.3 Å². The van der Waals surface area contributed by atoms with Gasteiger partial charge in [-0.2, -0.15) is 0 Å². The second-order valence-corrected chi connectivity index (χ2v) is 3.61. The van der Waals surface area contributed by atoms with Crippen LogP contribution >= 0.6 is 0 Å². The summed E-state index contributed by atoms with van der Waals surface area (Å²) >= 11 is 0. The Labute approximate surface area is 96.8 Å².